The molecule has 5 heteroatoms. The van der Waals surface area contributed by atoms with Crippen molar-refractivity contribution in [1.82, 2.24) is 5.32 Å². The summed E-state index contributed by atoms with van der Waals surface area (Å²) in [6.07, 6.45) is 5.81. The highest BCUT2D eigenvalue weighted by Gasteiger charge is 2.15. The molecule has 0 fully saturated rings. The van der Waals surface area contributed by atoms with E-state index in [-0.39, 0.29) is 18.1 Å². The van der Waals surface area contributed by atoms with Gasteiger partial charge in [0, 0.05) is 24.2 Å². The van der Waals surface area contributed by atoms with E-state index >= 15 is 0 Å². The van der Waals surface area contributed by atoms with Gasteiger partial charge < -0.3 is 28.3 Å². The molecule has 0 saturated heterocycles. The second kappa shape index (κ2) is 11.6. The van der Waals surface area contributed by atoms with Crippen LogP contribution < -0.4 is 28.3 Å². The summed E-state index contributed by atoms with van der Waals surface area (Å²) in [5, 5.41) is 3.49. The van der Waals surface area contributed by atoms with Crippen LogP contribution in [-0.4, -0.2) is 37.3 Å². The van der Waals surface area contributed by atoms with E-state index in [1.165, 1.54) is 0 Å². The number of nitrogens with two attached hydrogens (primary N) is 4. The fraction of sp³-hybridized carbons (Fsp3) is 1.00. The Kier molecular flexibility index (Phi) is 11.5. The maximum Gasteiger partial charge on any atom is 0.00822 e. The van der Waals surface area contributed by atoms with Crippen LogP contribution in [0.15, 0.2) is 0 Å². The fourth-order valence-corrected chi connectivity index (χ4v) is 2.38. The minimum absolute atomic E-state index is 0.171. The maximum absolute atomic E-state index is 6.18. The second-order valence-corrected chi connectivity index (χ2v) is 5.57. The largest absolute Gasteiger partial charge is 0.330 e. The van der Waals surface area contributed by atoms with Crippen molar-refractivity contribution < 1.29 is 0 Å². The van der Waals surface area contributed by atoms with Crippen molar-refractivity contribution in [1.29, 1.82) is 0 Å². The van der Waals surface area contributed by atoms with Crippen molar-refractivity contribution in [2.75, 3.05) is 13.1 Å². The van der Waals surface area contributed by atoms with E-state index in [1.807, 2.05) is 0 Å². The number of hydrogen-bond donors (Lipinski definition) is 5. The van der Waals surface area contributed by atoms with E-state index in [0.29, 0.717) is 12.6 Å². The highest BCUT2D eigenvalue weighted by molar-refractivity contribution is 4.78. The molecule has 0 aromatic heterocycles. The van der Waals surface area contributed by atoms with Gasteiger partial charge in [0.2, 0.25) is 0 Å². The van der Waals surface area contributed by atoms with Gasteiger partial charge >= 0.3 is 0 Å². The summed E-state index contributed by atoms with van der Waals surface area (Å²) in [4.78, 5) is 0. The van der Waals surface area contributed by atoms with Crippen LogP contribution in [0.4, 0.5) is 0 Å². The predicted octanol–water partition coefficient (Wildman–Crippen LogP) is 0.266. The normalized spacial score (nSPS) is 18.0. The monoisotopic (exact) mass is 273 g/mol. The first-order valence-corrected chi connectivity index (χ1v) is 7.73. The third-order valence-electron chi connectivity index (χ3n) is 3.63. The molecule has 0 saturated carbocycles. The quantitative estimate of drug-likeness (QED) is 0.350. The smallest absolute Gasteiger partial charge is 0.00822 e. The molecule has 0 bridgehead atoms. The van der Waals surface area contributed by atoms with Crippen LogP contribution in [0.2, 0.25) is 0 Å². The van der Waals surface area contributed by atoms with Crippen molar-refractivity contribution in [2.24, 2.45) is 22.9 Å². The van der Waals surface area contributed by atoms with Crippen molar-refractivity contribution in [2.45, 2.75) is 76.5 Å². The number of nitrogens with one attached hydrogen (secondary N) is 1. The van der Waals surface area contributed by atoms with E-state index in [9.17, 15) is 0 Å². The van der Waals surface area contributed by atoms with Crippen molar-refractivity contribution >= 4 is 0 Å². The van der Waals surface area contributed by atoms with Crippen molar-refractivity contribution in [3.63, 3.8) is 0 Å². The number of rotatable bonds is 12. The van der Waals surface area contributed by atoms with Crippen LogP contribution in [0.1, 0.15) is 52.4 Å². The first-order valence-electron chi connectivity index (χ1n) is 7.73. The van der Waals surface area contributed by atoms with Crippen molar-refractivity contribution in [3.8, 4) is 0 Å². The summed E-state index contributed by atoms with van der Waals surface area (Å²) in [6, 6.07) is 1.04. The Morgan fingerprint density at radius 3 is 2.05 bits per heavy atom. The molecule has 4 atom stereocenters. The topological polar surface area (TPSA) is 116 Å². The third kappa shape index (κ3) is 10.3. The van der Waals surface area contributed by atoms with Gasteiger partial charge in [0.1, 0.15) is 0 Å². The van der Waals surface area contributed by atoms with Gasteiger partial charge in [-0.3, -0.25) is 0 Å². The zero-order valence-corrected chi connectivity index (χ0v) is 12.8. The molecule has 0 heterocycles. The zero-order valence-electron chi connectivity index (χ0n) is 12.8. The van der Waals surface area contributed by atoms with Crippen LogP contribution in [0.3, 0.4) is 0 Å². The molecule has 0 amide bonds. The van der Waals surface area contributed by atoms with Crippen LogP contribution >= 0.6 is 0 Å². The lowest BCUT2D eigenvalue weighted by Gasteiger charge is -2.24. The molecular weight excluding hydrogens is 238 g/mol. The Labute approximate surface area is 118 Å². The molecule has 5 nitrogen and oxygen atoms in total. The Hall–Kier alpha value is -0.200. The van der Waals surface area contributed by atoms with Gasteiger partial charge in [0.15, 0.2) is 0 Å². The standard InChI is InChI=1S/C14H35N5/c1-3-11(16)9-13(18)10-14(19-4-2)6-5-12(17)7-8-15/h11-14,19H,3-10,15-18H2,1-2H3. The molecular formula is C14H35N5. The van der Waals surface area contributed by atoms with Gasteiger partial charge in [-0.2, -0.15) is 0 Å². The summed E-state index contributed by atoms with van der Waals surface area (Å²) in [5.74, 6) is 0. The van der Waals surface area contributed by atoms with Crippen LogP contribution in [0, 0.1) is 0 Å². The molecule has 19 heavy (non-hydrogen) atoms. The summed E-state index contributed by atoms with van der Waals surface area (Å²) < 4.78 is 0. The summed E-state index contributed by atoms with van der Waals surface area (Å²) in [7, 11) is 0. The molecule has 0 aromatic rings. The molecule has 0 rings (SSSR count). The molecule has 0 spiro atoms. The van der Waals surface area contributed by atoms with Gasteiger partial charge in [0.05, 0.1) is 0 Å². The third-order valence-corrected chi connectivity index (χ3v) is 3.63. The Balaban J connectivity index is 4.02. The first-order chi connectivity index (χ1) is 9.03. The summed E-state index contributed by atoms with van der Waals surface area (Å²) in [5.41, 5.74) is 23.6. The Morgan fingerprint density at radius 2 is 1.53 bits per heavy atom. The molecule has 0 aliphatic rings. The molecule has 0 aromatic carbocycles. The SMILES string of the molecule is CCNC(CCC(N)CCN)CC(N)CC(N)CC. The molecule has 116 valence electrons. The Bertz CT molecular complexity index is 200. The van der Waals surface area contributed by atoms with Gasteiger partial charge in [-0.1, -0.05) is 13.8 Å². The lowest BCUT2D eigenvalue weighted by atomic mass is 9.95. The number of hydrogen-bond acceptors (Lipinski definition) is 5. The van der Waals surface area contributed by atoms with E-state index in [0.717, 1.165) is 45.1 Å². The lowest BCUT2D eigenvalue weighted by Crippen LogP contribution is -2.39. The van der Waals surface area contributed by atoms with Gasteiger partial charge in [-0.25, -0.2) is 0 Å². The molecule has 0 aliphatic carbocycles. The van der Waals surface area contributed by atoms with E-state index in [4.69, 9.17) is 22.9 Å². The van der Waals surface area contributed by atoms with Crippen LogP contribution in [-0.2, 0) is 0 Å². The van der Waals surface area contributed by atoms with Gasteiger partial charge in [-0.15, -0.1) is 0 Å². The van der Waals surface area contributed by atoms with E-state index in [2.05, 4.69) is 19.2 Å². The summed E-state index contributed by atoms with van der Waals surface area (Å²) in [6.45, 7) is 5.85. The maximum atomic E-state index is 6.18. The second-order valence-electron chi connectivity index (χ2n) is 5.57. The minimum atomic E-state index is 0.171. The predicted molar refractivity (Wildman–Crippen MR) is 83.8 cm³/mol. The van der Waals surface area contributed by atoms with Crippen LogP contribution in [0.5, 0.6) is 0 Å². The van der Waals surface area contributed by atoms with Crippen LogP contribution in [0.25, 0.3) is 0 Å². The molecule has 0 radical (unpaired) electrons. The fourth-order valence-electron chi connectivity index (χ4n) is 2.38. The average Bonchev–Trinajstić information content (AvgIpc) is 2.36. The zero-order chi connectivity index (χ0) is 14.7. The summed E-state index contributed by atoms with van der Waals surface area (Å²) >= 11 is 0. The van der Waals surface area contributed by atoms with Crippen molar-refractivity contribution in [3.05, 3.63) is 0 Å². The van der Waals surface area contributed by atoms with E-state index in [1.54, 1.807) is 0 Å². The molecule has 9 N–H and O–H groups in total. The van der Waals surface area contributed by atoms with Gasteiger partial charge in [-0.05, 0) is 51.6 Å². The van der Waals surface area contributed by atoms with Gasteiger partial charge in [0.25, 0.3) is 0 Å². The first kappa shape index (κ1) is 18.8. The highest BCUT2D eigenvalue weighted by atomic mass is 14.9. The molecule has 0 aliphatic heterocycles. The average molecular weight is 273 g/mol. The minimum Gasteiger partial charge on any atom is -0.330 e. The van der Waals surface area contributed by atoms with E-state index < -0.39 is 0 Å². The Morgan fingerprint density at radius 1 is 0.842 bits per heavy atom. The lowest BCUT2D eigenvalue weighted by molar-refractivity contribution is 0.374. The molecule has 4 unspecified atom stereocenters. The highest BCUT2D eigenvalue weighted by Crippen LogP contribution is 2.11.